The van der Waals surface area contributed by atoms with E-state index in [-0.39, 0.29) is 17.4 Å². The molecule has 1 aromatic carbocycles. The first-order valence-electron chi connectivity index (χ1n) is 11.6. The van der Waals surface area contributed by atoms with E-state index in [0.717, 1.165) is 56.7 Å². The topological polar surface area (TPSA) is 59.8 Å². The van der Waals surface area contributed by atoms with Crippen molar-refractivity contribution >= 4 is 5.91 Å². The Hall–Kier alpha value is -2.43. The van der Waals surface area contributed by atoms with Gasteiger partial charge >= 0.3 is 0 Å². The summed E-state index contributed by atoms with van der Waals surface area (Å²) in [5.41, 5.74) is 2.43. The first-order valence-corrected chi connectivity index (χ1v) is 11.6. The highest BCUT2D eigenvalue weighted by Crippen LogP contribution is 2.52. The summed E-state index contributed by atoms with van der Waals surface area (Å²) >= 11 is 0. The van der Waals surface area contributed by atoms with E-state index in [1.807, 2.05) is 0 Å². The van der Waals surface area contributed by atoms with Gasteiger partial charge < -0.3 is 9.88 Å². The van der Waals surface area contributed by atoms with Gasteiger partial charge in [0.1, 0.15) is 11.6 Å². The van der Waals surface area contributed by atoms with E-state index in [1.54, 1.807) is 0 Å². The van der Waals surface area contributed by atoms with Crippen molar-refractivity contribution in [1.82, 2.24) is 20.1 Å². The third kappa shape index (κ3) is 3.59. The molecule has 1 atom stereocenters. The number of rotatable bonds is 5. The van der Waals surface area contributed by atoms with Crippen LogP contribution in [0.2, 0.25) is 0 Å². The van der Waals surface area contributed by atoms with Crippen LogP contribution >= 0.6 is 0 Å². The van der Waals surface area contributed by atoms with Crippen LogP contribution in [0.4, 0.5) is 0 Å². The standard InChI is InChI=1S/C25H32N4O/c1-18-20(11-8-13-23-28-27-22-12-6-3-7-14-29(22)23)15-24(30)26-25(18)16-21(17-25)19-9-4-2-5-10-19/h2,4-5,9-10,20-21H,1,3,6-8,11-17H2,(H,26,30). The first-order chi connectivity index (χ1) is 14.6. The maximum absolute atomic E-state index is 12.5. The molecule has 2 aliphatic heterocycles. The smallest absolute Gasteiger partial charge is 0.221 e. The summed E-state index contributed by atoms with van der Waals surface area (Å²) < 4.78 is 2.34. The van der Waals surface area contributed by atoms with Crippen molar-refractivity contribution in [2.24, 2.45) is 5.92 Å². The van der Waals surface area contributed by atoms with Crippen molar-refractivity contribution in [2.45, 2.75) is 82.2 Å². The van der Waals surface area contributed by atoms with E-state index in [9.17, 15) is 4.79 Å². The molecule has 3 heterocycles. The first kappa shape index (κ1) is 19.5. The maximum Gasteiger partial charge on any atom is 0.221 e. The lowest BCUT2D eigenvalue weighted by Gasteiger charge is -2.54. The minimum absolute atomic E-state index is 0.188. The van der Waals surface area contributed by atoms with Crippen LogP contribution in [0.3, 0.4) is 0 Å². The molecule has 1 unspecified atom stereocenters. The predicted molar refractivity (Wildman–Crippen MR) is 117 cm³/mol. The molecule has 2 aromatic rings. The number of nitrogens with one attached hydrogen (secondary N) is 1. The molecule has 5 heteroatoms. The van der Waals surface area contributed by atoms with Crippen LogP contribution in [0.15, 0.2) is 42.5 Å². The lowest BCUT2D eigenvalue weighted by atomic mass is 9.58. The Balaban J connectivity index is 1.20. The molecule has 1 aromatic heterocycles. The van der Waals surface area contributed by atoms with E-state index in [1.165, 1.54) is 30.4 Å². The van der Waals surface area contributed by atoms with E-state index in [4.69, 9.17) is 0 Å². The van der Waals surface area contributed by atoms with Gasteiger partial charge in [-0.15, -0.1) is 10.2 Å². The number of hydrogen-bond donors (Lipinski definition) is 1. The fourth-order valence-corrected chi connectivity index (χ4v) is 5.76. The van der Waals surface area contributed by atoms with Crippen LogP contribution in [0, 0.1) is 5.92 Å². The van der Waals surface area contributed by atoms with Crippen molar-refractivity contribution in [2.75, 3.05) is 0 Å². The maximum atomic E-state index is 12.5. The van der Waals surface area contributed by atoms with E-state index in [0.29, 0.717) is 12.3 Å². The molecular weight excluding hydrogens is 372 g/mol. The van der Waals surface area contributed by atoms with Gasteiger partial charge in [-0.05, 0) is 61.5 Å². The summed E-state index contributed by atoms with van der Waals surface area (Å²) in [7, 11) is 0. The number of amides is 1. The van der Waals surface area contributed by atoms with Gasteiger partial charge in [0.05, 0.1) is 5.54 Å². The second-order valence-electron chi connectivity index (χ2n) is 9.46. The lowest BCUT2D eigenvalue weighted by molar-refractivity contribution is -0.126. The van der Waals surface area contributed by atoms with Crippen molar-refractivity contribution < 1.29 is 4.79 Å². The summed E-state index contributed by atoms with van der Waals surface area (Å²) in [6.07, 6.45) is 10.3. The molecule has 1 amide bonds. The van der Waals surface area contributed by atoms with Gasteiger partial charge in [0.15, 0.2) is 0 Å². The Morgan fingerprint density at radius 1 is 1.13 bits per heavy atom. The molecule has 1 spiro atoms. The van der Waals surface area contributed by atoms with Crippen LogP contribution in [0.1, 0.15) is 74.5 Å². The van der Waals surface area contributed by atoms with Crippen LogP contribution in [-0.4, -0.2) is 26.2 Å². The average molecular weight is 405 g/mol. The van der Waals surface area contributed by atoms with E-state index in [2.05, 4.69) is 57.0 Å². The third-order valence-electron chi connectivity index (χ3n) is 7.52. The van der Waals surface area contributed by atoms with Crippen LogP contribution < -0.4 is 5.32 Å². The highest BCUT2D eigenvalue weighted by atomic mass is 16.1. The molecule has 1 saturated heterocycles. The zero-order chi connectivity index (χ0) is 20.6. The Bertz CT molecular complexity index is 926. The Labute approximate surface area is 179 Å². The molecule has 30 heavy (non-hydrogen) atoms. The number of aromatic nitrogens is 3. The highest BCUT2D eigenvalue weighted by Gasteiger charge is 2.51. The molecule has 158 valence electrons. The SMILES string of the molecule is C=C1C(CCCc2nnc3n2CCCCC3)CC(=O)NC12CC(c1ccccc1)C2. The average Bonchev–Trinajstić information content (AvgIpc) is 2.95. The summed E-state index contributed by atoms with van der Waals surface area (Å²) in [5, 5.41) is 12.2. The van der Waals surface area contributed by atoms with Crippen molar-refractivity contribution in [3.63, 3.8) is 0 Å². The summed E-state index contributed by atoms with van der Waals surface area (Å²) in [4.78, 5) is 12.5. The van der Waals surface area contributed by atoms with Gasteiger partial charge in [-0.1, -0.05) is 43.3 Å². The van der Waals surface area contributed by atoms with Crippen LogP contribution in [-0.2, 0) is 24.2 Å². The fraction of sp³-hybridized carbons (Fsp3) is 0.560. The summed E-state index contributed by atoms with van der Waals surface area (Å²) in [6.45, 7) is 5.54. The van der Waals surface area contributed by atoms with Gasteiger partial charge in [0.25, 0.3) is 0 Å². The fourth-order valence-electron chi connectivity index (χ4n) is 5.76. The minimum atomic E-state index is -0.188. The lowest BCUT2D eigenvalue weighted by Crippen LogP contribution is -2.61. The zero-order valence-corrected chi connectivity index (χ0v) is 17.8. The molecule has 0 bridgehead atoms. The van der Waals surface area contributed by atoms with Gasteiger partial charge in [-0.2, -0.15) is 0 Å². The quantitative estimate of drug-likeness (QED) is 0.755. The molecule has 5 rings (SSSR count). The van der Waals surface area contributed by atoms with Gasteiger partial charge in [0.2, 0.25) is 5.91 Å². The number of piperidine rings is 1. The third-order valence-corrected chi connectivity index (χ3v) is 7.52. The molecule has 3 aliphatic rings. The Morgan fingerprint density at radius 3 is 2.80 bits per heavy atom. The Kier molecular flexibility index (Phi) is 5.21. The number of nitrogens with zero attached hydrogens (tertiary/aromatic N) is 3. The van der Waals surface area contributed by atoms with Crippen molar-refractivity contribution in [1.29, 1.82) is 0 Å². The largest absolute Gasteiger partial charge is 0.347 e. The highest BCUT2D eigenvalue weighted by molar-refractivity contribution is 5.80. The molecule has 1 N–H and O–H groups in total. The monoisotopic (exact) mass is 404 g/mol. The van der Waals surface area contributed by atoms with Crippen molar-refractivity contribution in [3.05, 3.63) is 59.7 Å². The molecule has 5 nitrogen and oxygen atoms in total. The summed E-state index contributed by atoms with van der Waals surface area (Å²) in [5.74, 6) is 3.27. The van der Waals surface area contributed by atoms with E-state index < -0.39 is 0 Å². The minimum Gasteiger partial charge on any atom is -0.347 e. The van der Waals surface area contributed by atoms with Crippen LogP contribution in [0.5, 0.6) is 0 Å². The molecule has 0 radical (unpaired) electrons. The number of carbonyl (C=O) groups is 1. The number of aryl methyl sites for hydroxylation is 2. The van der Waals surface area contributed by atoms with E-state index >= 15 is 0 Å². The number of hydrogen-bond acceptors (Lipinski definition) is 3. The molecule has 1 aliphatic carbocycles. The summed E-state index contributed by atoms with van der Waals surface area (Å²) in [6, 6.07) is 10.7. The zero-order valence-electron chi connectivity index (χ0n) is 17.8. The molecule has 1 saturated carbocycles. The second-order valence-corrected chi connectivity index (χ2v) is 9.46. The van der Waals surface area contributed by atoms with Gasteiger partial charge in [0, 0.05) is 25.8 Å². The van der Waals surface area contributed by atoms with Crippen molar-refractivity contribution in [3.8, 4) is 0 Å². The molecule has 2 fully saturated rings. The Morgan fingerprint density at radius 2 is 1.97 bits per heavy atom. The van der Waals surface area contributed by atoms with Crippen LogP contribution in [0.25, 0.3) is 0 Å². The van der Waals surface area contributed by atoms with Gasteiger partial charge in [-0.25, -0.2) is 0 Å². The number of fused-ring (bicyclic) bond motifs is 1. The number of carbonyl (C=O) groups excluding carboxylic acids is 1. The second kappa shape index (κ2) is 8.01. The molecular formula is C25H32N4O. The normalized spacial score (nSPS) is 28.5. The predicted octanol–water partition coefficient (Wildman–Crippen LogP) is 4.34. The number of benzene rings is 1. The van der Waals surface area contributed by atoms with Gasteiger partial charge in [-0.3, -0.25) is 4.79 Å².